The lowest BCUT2D eigenvalue weighted by Gasteiger charge is -2.27. The number of urea groups is 1. The predicted molar refractivity (Wildman–Crippen MR) is 174 cm³/mol. The highest BCUT2D eigenvalue weighted by Crippen LogP contribution is 2.26. The summed E-state index contributed by atoms with van der Waals surface area (Å²) >= 11 is 0. The molecule has 8 nitrogen and oxygen atoms in total. The maximum atomic E-state index is 13.6. The summed E-state index contributed by atoms with van der Waals surface area (Å²) in [6.07, 6.45) is 0.216. The van der Waals surface area contributed by atoms with Crippen molar-refractivity contribution >= 4 is 18.0 Å². The molecule has 1 N–H and O–H groups in total. The molecule has 2 amide bonds. The van der Waals surface area contributed by atoms with Gasteiger partial charge < -0.3 is 24.4 Å². The molecule has 4 rings (SSSR count). The highest BCUT2D eigenvalue weighted by atomic mass is 16.6. The zero-order valence-corrected chi connectivity index (χ0v) is 26.0. The number of nitrogens with zero attached hydrogens (tertiary/aromatic N) is 1. The van der Waals surface area contributed by atoms with Crippen LogP contribution in [0.15, 0.2) is 109 Å². The summed E-state index contributed by atoms with van der Waals surface area (Å²) in [6, 6.07) is 32.6. The van der Waals surface area contributed by atoms with Crippen LogP contribution in [0.25, 0.3) is 11.1 Å². The van der Waals surface area contributed by atoms with Crippen molar-refractivity contribution in [3.63, 3.8) is 0 Å². The van der Waals surface area contributed by atoms with Crippen molar-refractivity contribution < 1.29 is 28.6 Å². The second kappa shape index (κ2) is 16.7. The van der Waals surface area contributed by atoms with Crippen molar-refractivity contribution in [2.24, 2.45) is 5.92 Å². The second-order valence-electron chi connectivity index (χ2n) is 11.1. The van der Waals surface area contributed by atoms with Gasteiger partial charge >= 0.3 is 18.0 Å². The van der Waals surface area contributed by atoms with E-state index in [4.69, 9.17) is 14.2 Å². The van der Waals surface area contributed by atoms with Gasteiger partial charge in [0.05, 0.1) is 13.5 Å². The molecule has 0 saturated heterocycles. The van der Waals surface area contributed by atoms with Gasteiger partial charge in [-0.2, -0.15) is 0 Å². The van der Waals surface area contributed by atoms with Crippen molar-refractivity contribution in [3.8, 4) is 22.6 Å². The largest absolute Gasteiger partial charge is 0.493 e. The van der Waals surface area contributed by atoms with E-state index < -0.39 is 24.0 Å². The van der Waals surface area contributed by atoms with Gasteiger partial charge in [0.25, 0.3) is 0 Å². The molecular formula is C37H40N2O6. The van der Waals surface area contributed by atoms with Crippen LogP contribution < -0.4 is 14.8 Å². The lowest BCUT2D eigenvalue weighted by atomic mass is 10.0. The Morgan fingerprint density at radius 1 is 0.733 bits per heavy atom. The van der Waals surface area contributed by atoms with Gasteiger partial charge in [0, 0.05) is 19.5 Å². The number of para-hydroxylation sites is 2. The van der Waals surface area contributed by atoms with Gasteiger partial charge in [0.2, 0.25) is 0 Å². The van der Waals surface area contributed by atoms with Crippen LogP contribution in [-0.2, 0) is 27.4 Å². The van der Waals surface area contributed by atoms with Crippen LogP contribution in [0.3, 0.4) is 0 Å². The number of methoxy groups -OCH3 is 1. The zero-order valence-electron chi connectivity index (χ0n) is 26.0. The van der Waals surface area contributed by atoms with E-state index in [9.17, 15) is 14.4 Å². The van der Waals surface area contributed by atoms with Gasteiger partial charge in [0.15, 0.2) is 11.5 Å². The van der Waals surface area contributed by atoms with E-state index in [1.165, 1.54) is 12.0 Å². The molecule has 0 aliphatic carbocycles. The third kappa shape index (κ3) is 10.2. The number of carbonyl (C=O) groups excluding carboxylic acids is 3. The summed E-state index contributed by atoms with van der Waals surface area (Å²) in [4.78, 5) is 41.2. The van der Waals surface area contributed by atoms with Crippen molar-refractivity contribution in [1.29, 1.82) is 0 Å². The van der Waals surface area contributed by atoms with Crippen LogP contribution in [0.4, 0.5) is 4.79 Å². The topological polar surface area (TPSA) is 94.2 Å². The van der Waals surface area contributed by atoms with Crippen molar-refractivity contribution in [1.82, 2.24) is 10.2 Å². The van der Waals surface area contributed by atoms with Gasteiger partial charge in [-0.05, 0) is 40.3 Å². The molecule has 0 aliphatic rings. The highest BCUT2D eigenvalue weighted by molar-refractivity contribution is 5.85. The molecule has 0 aliphatic heterocycles. The van der Waals surface area contributed by atoms with E-state index in [-0.39, 0.29) is 37.7 Å². The van der Waals surface area contributed by atoms with Crippen LogP contribution in [0, 0.1) is 5.92 Å². The van der Waals surface area contributed by atoms with Crippen LogP contribution >= 0.6 is 0 Å². The minimum absolute atomic E-state index is 0.0181. The maximum Gasteiger partial charge on any atom is 0.334 e. The Morgan fingerprint density at radius 2 is 1.33 bits per heavy atom. The molecule has 0 aromatic heterocycles. The van der Waals surface area contributed by atoms with E-state index in [0.29, 0.717) is 12.3 Å². The molecule has 0 spiro atoms. The predicted octanol–water partition coefficient (Wildman–Crippen LogP) is 6.68. The molecule has 0 saturated carbocycles. The first-order valence-corrected chi connectivity index (χ1v) is 15.1. The second-order valence-corrected chi connectivity index (χ2v) is 11.1. The van der Waals surface area contributed by atoms with E-state index in [0.717, 1.165) is 22.3 Å². The molecule has 0 heterocycles. The number of carbonyl (C=O) groups is 3. The molecular weight excluding hydrogens is 568 g/mol. The normalized spacial score (nSPS) is 11.4. The third-order valence-electron chi connectivity index (χ3n) is 7.06. The van der Waals surface area contributed by atoms with Crippen molar-refractivity contribution in [2.75, 3.05) is 20.2 Å². The number of amides is 2. The number of nitrogens with one attached hydrogen (secondary N) is 1. The van der Waals surface area contributed by atoms with Gasteiger partial charge in [0.1, 0.15) is 12.6 Å². The molecule has 0 radical (unpaired) electrons. The Labute approximate surface area is 264 Å². The first-order valence-electron chi connectivity index (χ1n) is 15.1. The maximum absolute atomic E-state index is 13.6. The summed E-state index contributed by atoms with van der Waals surface area (Å²) in [5, 5.41) is 2.88. The van der Waals surface area contributed by atoms with Gasteiger partial charge in [-0.3, -0.25) is 4.79 Å². The molecule has 45 heavy (non-hydrogen) atoms. The van der Waals surface area contributed by atoms with E-state index >= 15 is 0 Å². The number of esters is 2. The number of ether oxygens (including phenoxy) is 3. The average molecular weight is 609 g/mol. The fraction of sp³-hybridized carbons (Fsp3) is 0.270. The van der Waals surface area contributed by atoms with Gasteiger partial charge in [-0.25, -0.2) is 9.59 Å². The van der Waals surface area contributed by atoms with Crippen LogP contribution in [0.1, 0.15) is 31.4 Å². The van der Waals surface area contributed by atoms with E-state index in [1.54, 1.807) is 24.3 Å². The molecule has 234 valence electrons. The van der Waals surface area contributed by atoms with Crippen LogP contribution in [0.5, 0.6) is 11.5 Å². The van der Waals surface area contributed by atoms with Crippen molar-refractivity contribution in [2.45, 2.75) is 39.3 Å². The number of benzene rings is 4. The number of hydrogen-bond acceptors (Lipinski definition) is 6. The Hall–Kier alpha value is -5.11. The molecule has 4 aromatic rings. The SMILES string of the molecule is COc1ccccc1OC(=O)[C@H](Cc1ccc(-c2ccccc2)cc1)NC(=O)N(CCC(=O)OCc1ccccc1)CC(C)C. The summed E-state index contributed by atoms with van der Waals surface area (Å²) in [5.74, 6) is -0.263. The average Bonchev–Trinajstić information content (AvgIpc) is 3.06. The Morgan fingerprint density at radius 3 is 1.98 bits per heavy atom. The molecule has 0 bridgehead atoms. The Balaban J connectivity index is 1.47. The molecule has 8 heteroatoms. The lowest BCUT2D eigenvalue weighted by molar-refractivity contribution is -0.145. The Bertz CT molecular complexity index is 1520. The fourth-order valence-corrected chi connectivity index (χ4v) is 4.77. The highest BCUT2D eigenvalue weighted by Gasteiger charge is 2.27. The van der Waals surface area contributed by atoms with Crippen LogP contribution in [-0.4, -0.2) is 49.1 Å². The van der Waals surface area contributed by atoms with Crippen molar-refractivity contribution in [3.05, 3.63) is 120 Å². The quantitative estimate of drug-likeness (QED) is 0.127. The molecule has 4 aromatic carbocycles. The van der Waals surface area contributed by atoms with E-state index in [2.05, 4.69) is 5.32 Å². The first kappa shape index (κ1) is 32.8. The fourth-order valence-electron chi connectivity index (χ4n) is 4.77. The Kier molecular flexibility index (Phi) is 12.1. The summed E-state index contributed by atoms with van der Waals surface area (Å²) in [6.45, 7) is 4.65. The van der Waals surface area contributed by atoms with Gasteiger partial charge in [-0.15, -0.1) is 0 Å². The number of rotatable bonds is 14. The zero-order chi connectivity index (χ0) is 32.0. The first-order chi connectivity index (χ1) is 21.8. The summed E-state index contributed by atoms with van der Waals surface area (Å²) in [5.41, 5.74) is 3.85. The molecule has 0 fully saturated rings. The molecule has 1 atom stereocenters. The van der Waals surface area contributed by atoms with Gasteiger partial charge in [-0.1, -0.05) is 111 Å². The lowest BCUT2D eigenvalue weighted by Crippen LogP contribution is -2.51. The monoisotopic (exact) mass is 608 g/mol. The minimum atomic E-state index is -1.01. The smallest absolute Gasteiger partial charge is 0.334 e. The summed E-state index contributed by atoms with van der Waals surface area (Å²) in [7, 11) is 1.49. The van der Waals surface area contributed by atoms with E-state index in [1.807, 2.05) is 98.8 Å². The summed E-state index contributed by atoms with van der Waals surface area (Å²) < 4.78 is 16.5. The minimum Gasteiger partial charge on any atom is -0.493 e. The van der Waals surface area contributed by atoms with Crippen LogP contribution in [0.2, 0.25) is 0 Å². The third-order valence-corrected chi connectivity index (χ3v) is 7.06. The standard InChI is InChI=1S/C37H40N2O6/c1-27(2)25-39(23-22-35(40)44-26-29-12-6-4-7-13-29)37(42)38-32(36(41)45-34-17-11-10-16-33(34)43-3)24-28-18-20-31(21-19-28)30-14-8-5-9-15-30/h4-21,27,32H,22-26H2,1-3H3,(H,38,42)/t32-/m0/s1. The number of hydrogen-bond donors (Lipinski definition) is 1. The molecule has 0 unspecified atom stereocenters.